The van der Waals surface area contributed by atoms with Crippen LogP contribution in [0.2, 0.25) is 0 Å². The normalized spacial score (nSPS) is 23.4. The molecular formula is C24H32NO2+. The van der Waals surface area contributed by atoms with Crippen LogP contribution in [0.4, 0.5) is 0 Å². The van der Waals surface area contributed by atoms with Crippen molar-refractivity contribution in [2.75, 3.05) is 0 Å². The second kappa shape index (κ2) is 8.81. The third-order valence-electron chi connectivity index (χ3n) is 5.23. The highest BCUT2D eigenvalue weighted by Crippen LogP contribution is 2.35. The molecule has 2 aromatic rings. The molecule has 0 N–H and O–H groups in total. The fourth-order valence-electron chi connectivity index (χ4n) is 3.29. The van der Waals surface area contributed by atoms with Crippen LogP contribution in [0, 0.1) is 11.8 Å². The Morgan fingerprint density at radius 1 is 0.815 bits per heavy atom. The van der Waals surface area contributed by atoms with Gasteiger partial charge in [0.15, 0.2) is 18.7 Å². The molecule has 3 rings (SSSR count). The van der Waals surface area contributed by atoms with Gasteiger partial charge in [0, 0.05) is 24.1 Å². The first-order valence-electron chi connectivity index (χ1n) is 9.96. The third-order valence-corrected chi connectivity index (χ3v) is 5.23. The molecule has 0 radical (unpaired) electrons. The van der Waals surface area contributed by atoms with E-state index in [1.807, 2.05) is 11.6 Å². The summed E-state index contributed by atoms with van der Waals surface area (Å²) in [6.45, 7) is 8.90. The van der Waals surface area contributed by atoms with E-state index in [1.54, 1.807) is 0 Å². The zero-order valence-corrected chi connectivity index (χ0v) is 17.1. The molecule has 2 heterocycles. The van der Waals surface area contributed by atoms with E-state index in [9.17, 15) is 0 Å². The molecule has 1 fully saturated rings. The van der Waals surface area contributed by atoms with Gasteiger partial charge in [0.2, 0.25) is 0 Å². The fraction of sp³-hybridized carbons (Fsp3) is 0.458. The first-order chi connectivity index (χ1) is 12.9. The summed E-state index contributed by atoms with van der Waals surface area (Å²) in [5.74, 6) is 0.986. The predicted molar refractivity (Wildman–Crippen MR) is 110 cm³/mol. The van der Waals surface area contributed by atoms with E-state index in [-0.39, 0.29) is 18.5 Å². The van der Waals surface area contributed by atoms with Gasteiger partial charge in [-0.1, -0.05) is 64.1 Å². The van der Waals surface area contributed by atoms with Gasteiger partial charge >= 0.3 is 0 Å². The van der Waals surface area contributed by atoms with Gasteiger partial charge in [0.1, 0.15) is 7.05 Å². The van der Waals surface area contributed by atoms with Crippen molar-refractivity contribution in [3.05, 3.63) is 65.5 Å². The molecule has 27 heavy (non-hydrogen) atoms. The number of hydrogen-bond donors (Lipinski definition) is 0. The van der Waals surface area contributed by atoms with E-state index >= 15 is 0 Å². The van der Waals surface area contributed by atoms with Crippen LogP contribution in [0.25, 0.3) is 12.2 Å². The maximum Gasteiger partial charge on any atom is 0.184 e. The van der Waals surface area contributed by atoms with E-state index in [0.29, 0.717) is 11.8 Å². The Bertz CT molecular complexity index is 731. The van der Waals surface area contributed by atoms with Gasteiger partial charge in [0.05, 0.1) is 12.2 Å². The van der Waals surface area contributed by atoms with Crippen molar-refractivity contribution >= 4 is 12.2 Å². The largest absolute Gasteiger partial charge is 0.345 e. The summed E-state index contributed by atoms with van der Waals surface area (Å²) in [6.07, 6.45) is 9.56. The third kappa shape index (κ3) is 5.27. The molecule has 1 saturated heterocycles. The first-order valence-corrected chi connectivity index (χ1v) is 9.96. The van der Waals surface area contributed by atoms with E-state index in [2.05, 4.69) is 88.6 Å². The monoisotopic (exact) mass is 366 g/mol. The van der Waals surface area contributed by atoms with Gasteiger partial charge in [-0.05, 0) is 23.0 Å². The number of ether oxygens (including phenoxy) is 2. The van der Waals surface area contributed by atoms with Crippen molar-refractivity contribution in [1.82, 2.24) is 0 Å². The molecule has 0 aliphatic carbocycles. The highest BCUT2D eigenvalue weighted by Gasteiger charge is 2.33. The summed E-state index contributed by atoms with van der Waals surface area (Å²) in [6, 6.07) is 12.7. The molecule has 2 unspecified atom stereocenters. The standard InChI is InChI=1S/C24H32NO2/c1-17(2)22-16-23(18(3)4)27-24(26-22)21-10-8-19(9-11-21)6-7-20-12-14-25(5)15-13-20/h6-15,17-18,22-24H,16H2,1-5H3/q+1/b7-6+. The SMILES string of the molecule is CC(C)C1CC(C(C)C)OC(c2ccc(/C=C/c3cc[n+](C)cc3)cc2)O1. The average Bonchev–Trinajstić information content (AvgIpc) is 2.67. The summed E-state index contributed by atoms with van der Waals surface area (Å²) in [5.41, 5.74) is 3.45. The molecule has 1 aromatic heterocycles. The van der Waals surface area contributed by atoms with Gasteiger partial charge in [-0.15, -0.1) is 0 Å². The van der Waals surface area contributed by atoms with Crippen molar-refractivity contribution in [1.29, 1.82) is 0 Å². The number of nitrogens with zero attached hydrogens (tertiary/aromatic N) is 1. The maximum absolute atomic E-state index is 6.25. The Balaban J connectivity index is 1.70. The van der Waals surface area contributed by atoms with E-state index < -0.39 is 0 Å². The number of hydrogen-bond acceptors (Lipinski definition) is 2. The zero-order valence-electron chi connectivity index (χ0n) is 17.1. The minimum atomic E-state index is -0.272. The molecule has 1 aliphatic rings. The van der Waals surface area contributed by atoms with Crippen LogP contribution in [0.5, 0.6) is 0 Å². The van der Waals surface area contributed by atoms with Crippen LogP contribution in [-0.2, 0) is 16.5 Å². The number of benzene rings is 1. The number of rotatable bonds is 5. The lowest BCUT2D eigenvalue weighted by atomic mass is 9.93. The summed E-state index contributed by atoms with van der Waals surface area (Å²) >= 11 is 0. The predicted octanol–water partition coefficient (Wildman–Crippen LogP) is 5.17. The molecule has 0 bridgehead atoms. The van der Waals surface area contributed by atoms with Crippen LogP contribution < -0.4 is 4.57 Å². The quantitative estimate of drug-likeness (QED) is 0.682. The summed E-state index contributed by atoms with van der Waals surface area (Å²) in [5, 5.41) is 0. The van der Waals surface area contributed by atoms with Gasteiger partial charge in [-0.25, -0.2) is 4.57 Å². The van der Waals surface area contributed by atoms with Crippen LogP contribution in [0.3, 0.4) is 0 Å². The lowest BCUT2D eigenvalue weighted by Gasteiger charge is -2.39. The van der Waals surface area contributed by atoms with E-state index in [1.165, 1.54) is 11.1 Å². The highest BCUT2D eigenvalue weighted by atomic mass is 16.7. The summed E-state index contributed by atoms with van der Waals surface area (Å²) in [4.78, 5) is 0. The van der Waals surface area contributed by atoms with Crippen molar-refractivity contribution in [3.8, 4) is 0 Å². The Hall–Kier alpha value is -1.97. The lowest BCUT2D eigenvalue weighted by molar-refractivity contribution is -0.671. The summed E-state index contributed by atoms with van der Waals surface area (Å²) in [7, 11) is 2.02. The Morgan fingerprint density at radius 2 is 1.30 bits per heavy atom. The van der Waals surface area contributed by atoms with Crippen molar-refractivity contribution in [3.63, 3.8) is 0 Å². The Morgan fingerprint density at radius 3 is 1.78 bits per heavy atom. The summed E-state index contributed by atoms with van der Waals surface area (Å²) < 4.78 is 14.5. The molecule has 0 spiro atoms. The Labute approximate surface area is 163 Å². The molecule has 1 aromatic carbocycles. The number of aromatic nitrogens is 1. The van der Waals surface area contributed by atoms with Crippen molar-refractivity contribution in [2.24, 2.45) is 18.9 Å². The molecule has 0 saturated carbocycles. The van der Waals surface area contributed by atoms with Crippen LogP contribution >= 0.6 is 0 Å². The molecule has 3 nitrogen and oxygen atoms in total. The zero-order chi connectivity index (χ0) is 19.4. The molecule has 1 aliphatic heterocycles. The van der Waals surface area contributed by atoms with Gasteiger partial charge in [-0.3, -0.25) is 0 Å². The smallest absolute Gasteiger partial charge is 0.184 e. The minimum absolute atomic E-state index is 0.245. The van der Waals surface area contributed by atoms with Crippen LogP contribution in [0.15, 0.2) is 48.8 Å². The van der Waals surface area contributed by atoms with Crippen LogP contribution in [-0.4, -0.2) is 12.2 Å². The topological polar surface area (TPSA) is 22.3 Å². The number of pyridine rings is 1. The molecule has 2 atom stereocenters. The first kappa shape index (κ1) is 19.8. The minimum Gasteiger partial charge on any atom is -0.345 e. The van der Waals surface area contributed by atoms with E-state index in [4.69, 9.17) is 9.47 Å². The Kier molecular flexibility index (Phi) is 6.46. The van der Waals surface area contributed by atoms with E-state index in [0.717, 1.165) is 12.0 Å². The van der Waals surface area contributed by atoms with Crippen LogP contribution in [0.1, 0.15) is 57.1 Å². The van der Waals surface area contributed by atoms with Gasteiger partial charge in [-0.2, -0.15) is 0 Å². The van der Waals surface area contributed by atoms with Crippen molar-refractivity contribution < 1.29 is 14.0 Å². The molecule has 144 valence electrons. The second-order valence-electron chi connectivity index (χ2n) is 8.20. The molecule has 3 heteroatoms. The second-order valence-corrected chi connectivity index (χ2v) is 8.20. The maximum atomic E-state index is 6.25. The molecule has 0 amide bonds. The molecular weight excluding hydrogens is 334 g/mol. The highest BCUT2D eigenvalue weighted by molar-refractivity contribution is 5.69. The van der Waals surface area contributed by atoms with Gasteiger partial charge < -0.3 is 9.47 Å². The van der Waals surface area contributed by atoms with Gasteiger partial charge in [0.25, 0.3) is 0 Å². The fourth-order valence-corrected chi connectivity index (χ4v) is 3.29. The lowest BCUT2D eigenvalue weighted by Crippen LogP contribution is -2.38. The number of aryl methyl sites for hydroxylation is 1. The average molecular weight is 367 g/mol. The van der Waals surface area contributed by atoms with Crippen molar-refractivity contribution in [2.45, 2.75) is 52.6 Å².